The third kappa shape index (κ3) is 4.06. The SMILES string of the molecule is CCCCNC(=O)c1cn([C@@H]2C(O)[C@H](SC)OC(CO)[C@@H]2O)nn1. The van der Waals surface area contributed by atoms with Crippen LogP contribution >= 0.6 is 11.8 Å². The van der Waals surface area contributed by atoms with Gasteiger partial charge in [0, 0.05) is 6.54 Å². The van der Waals surface area contributed by atoms with Gasteiger partial charge in [0.05, 0.1) is 12.8 Å². The van der Waals surface area contributed by atoms with Crippen molar-refractivity contribution in [1.29, 1.82) is 0 Å². The quantitative estimate of drug-likeness (QED) is 0.463. The molecule has 1 aromatic heterocycles. The van der Waals surface area contributed by atoms with Crippen LogP contribution in [0.5, 0.6) is 0 Å². The molecule has 1 aromatic rings. The Morgan fingerprint density at radius 3 is 2.83 bits per heavy atom. The number of rotatable bonds is 7. The Morgan fingerprint density at radius 1 is 1.46 bits per heavy atom. The molecule has 2 heterocycles. The fourth-order valence-corrected chi connectivity index (χ4v) is 3.26. The third-order valence-electron chi connectivity index (χ3n) is 3.95. The summed E-state index contributed by atoms with van der Waals surface area (Å²) in [7, 11) is 0. The summed E-state index contributed by atoms with van der Waals surface area (Å²) in [6.07, 6.45) is 1.89. The maximum Gasteiger partial charge on any atom is 0.273 e. The van der Waals surface area contributed by atoms with E-state index in [1.165, 1.54) is 22.6 Å². The van der Waals surface area contributed by atoms with Gasteiger partial charge in [-0.05, 0) is 12.7 Å². The summed E-state index contributed by atoms with van der Waals surface area (Å²) in [6, 6.07) is -0.863. The summed E-state index contributed by atoms with van der Waals surface area (Å²) in [5.41, 5.74) is -0.514. The van der Waals surface area contributed by atoms with Crippen LogP contribution in [0.2, 0.25) is 0 Å². The van der Waals surface area contributed by atoms with Crippen molar-refractivity contribution in [2.24, 2.45) is 0 Å². The van der Waals surface area contributed by atoms with Crippen LogP contribution in [0, 0.1) is 0 Å². The second-order valence-corrected chi connectivity index (χ2v) is 6.56. The number of nitrogens with zero attached hydrogens (tertiary/aromatic N) is 3. The summed E-state index contributed by atoms with van der Waals surface area (Å²) in [5.74, 6) is -0.356. The van der Waals surface area contributed by atoms with E-state index in [4.69, 9.17) is 4.74 Å². The molecule has 10 heteroatoms. The second kappa shape index (κ2) is 8.77. The zero-order chi connectivity index (χ0) is 17.7. The van der Waals surface area contributed by atoms with Gasteiger partial charge in [0.15, 0.2) is 5.69 Å². The lowest BCUT2D eigenvalue weighted by molar-refractivity contribution is -0.178. The van der Waals surface area contributed by atoms with Crippen LogP contribution in [0.3, 0.4) is 0 Å². The van der Waals surface area contributed by atoms with E-state index in [1.807, 2.05) is 6.92 Å². The van der Waals surface area contributed by atoms with Gasteiger partial charge in [-0.3, -0.25) is 4.79 Å². The molecule has 2 rings (SSSR count). The Labute approximate surface area is 144 Å². The molecule has 0 saturated carbocycles. The van der Waals surface area contributed by atoms with Crippen LogP contribution in [0.1, 0.15) is 36.3 Å². The number of aromatic nitrogens is 3. The highest BCUT2D eigenvalue weighted by molar-refractivity contribution is 7.99. The van der Waals surface area contributed by atoms with E-state index in [0.29, 0.717) is 6.54 Å². The van der Waals surface area contributed by atoms with Crippen molar-refractivity contribution >= 4 is 17.7 Å². The lowest BCUT2D eigenvalue weighted by Crippen LogP contribution is -2.54. The predicted molar refractivity (Wildman–Crippen MR) is 87.6 cm³/mol. The molecule has 0 radical (unpaired) electrons. The van der Waals surface area contributed by atoms with Crippen molar-refractivity contribution in [3.05, 3.63) is 11.9 Å². The number of carbonyl (C=O) groups is 1. The average Bonchev–Trinajstić information content (AvgIpc) is 3.05. The third-order valence-corrected chi connectivity index (χ3v) is 4.80. The zero-order valence-corrected chi connectivity index (χ0v) is 14.5. The maximum atomic E-state index is 12.0. The van der Waals surface area contributed by atoms with Crippen molar-refractivity contribution in [3.63, 3.8) is 0 Å². The number of aliphatic hydroxyl groups excluding tert-OH is 3. The minimum atomic E-state index is -1.17. The molecule has 1 fully saturated rings. The van der Waals surface area contributed by atoms with E-state index in [-0.39, 0.29) is 18.2 Å². The van der Waals surface area contributed by atoms with Gasteiger partial charge in [-0.25, -0.2) is 4.68 Å². The minimum absolute atomic E-state index is 0.109. The first-order valence-electron chi connectivity index (χ1n) is 7.88. The number of nitrogens with one attached hydrogen (secondary N) is 1. The molecule has 4 N–H and O–H groups in total. The van der Waals surface area contributed by atoms with E-state index in [1.54, 1.807) is 6.26 Å². The molecule has 9 nitrogen and oxygen atoms in total. The Bertz CT molecular complexity index is 527. The van der Waals surface area contributed by atoms with E-state index in [9.17, 15) is 20.1 Å². The molecule has 0 aliphatic carbocycles. The number of hydrogen-bond donors (Lipinski definition) is 4. The molecule has 5 atom stereocenters. The first kappa shape index (κ1) is 19.1. The van der Waals surface area contributed by atoms with E-state index in [0.717, 1.165) is 12.8 Å². The fourth-order valence-electron chi connectivity index (χ4n) is 2.57. The lowest BCUT2D eigenvalue weighted by Gasteiger charge is -2.41. The van der Waals surface area contributed by atoms with Crippen molar-refractivity contribution in [2.75, 3.05) is 19.4 Å². The lowest BCUT2D eigenvalue weighted by atomic mass is 9.97. The van der Waals surface area contributed by atoms with E-state index >= 15 is 0 Å². The van der Waals surface area contributed by atoms with Crippen LogP contribution < -0.4 is 5.32 Å². The zero-order valence-electron chi connectivity index (χ0n) is 13.7. The molecular weight excluding hydrogens is 336 g/mol. The van der Waals surface area contributed by atoms with Crippen molar-refractivity contribution < 1.29 is 24.9 Å². The van der Waals surface area contributed by atoms with Crippen molar-refractivity contribution in [2.45, 2.75) is 49.6 Å². The molecule has 24 heavy (non-hydrogen) atoms. The Balaban J connectivity index is 2.15. The molecule has 0 aromatic carbocycles. The van der Waals surface area contributed by atoms with Gasteiger partial charge in [-0.15, -0.1) is 16.9 Å². The van der Waals surface area contributed by atoms with Gasteiger partial charge in [0.2, 0.25) is 0 Å². The highest BCUT2D eigenvalue weighted by Crippen LogP contribution is 2.33. The molecular formula is C14H24N4O5S. The van der Waals surface area contributed by atoms with Crippen molar-refractivity contribution in [3.8, 4) is 0 Å². The number of carbonyl (C=O) groups excluding carboxylic acids is 1. The van der Waals surface area contributed by atoms with Gasteiger partial charge in [-0.1, -0.05) is 18.6 Å². The first-order chi connectivity index (χ1) is 11.5. The highest BCUT2D eigenvalue weighted by Gasteiger charge is 2.45. The highest BCUT2D eigenvalue weighted by atomic mass is 32.2. The smallest absolute Gasteiger partial charge is 0.273 e. The minimum Gasteiger partial charge on any atom is -0.394 e. The molecule has 136 valence electrons. The first-order valence-corrected chi connectivity index (χ1v) is 9.17. The van der Waals surface area contributed by atoms with Gasteiger partial charge < -0.3 is 25.4 Å². The summed E-state index contributed by atoms with van der Waals surface area (Å²) < 4.78 is 6.72. The number of ether oxygens (including phenoxy) is 1. The van der Waals surface area contributed by atoms with E-state index < -0.39 is 29.8 Å². The van der Waals surface area contributed by atoms with Gasteiger partial charge in [0.1, 0.15) is 29.8 Å². The van der Waals surface area contributed by atoms with Gasteiger partial charge >= 0.3 is 0 Å². The van der Waals surface area contributed by atoms with E-state index in [2.05, 4.69) is 15.6 Å². The summed E-state index contributed by atoms with van der Waals surface area (Å²) in [6.45, 7) is 2.18. The molecule has 1 amide bonds. The normalized spacial score (nSPS) is 30.3. The van der Waals surface area contributed by atoms with Crippen LogP contribution in [-0.4, -0.2) is 79.4 Å². The van der Waals surface area contributed by atoms with Crippen LogP contribution in [0.4, 0.5) is 0 Å². The molecule has 1 aliphatic rings. The second-order valence-electron chi connectivity index (χ2n) is 5.63. The number of unbranched alkanes of at least 4 members (excludes halogenated alkanes) is 1. The molecule has 1 saturated heterocycles. The largest absolute Gasteiger partial charge is 0.394 e. The van der Waals surface area contributed by atoms with Gasteiger partial charge in [-0.2, -0.15) is 0 Å². The summed E-state index contributed by atoms with van der Waals surface area (Å²) in [5, 5.41) is 40.5. The summed E-state index contributed by atoms with van der Waals surface area (Å²) >= 11 is 1.26. The molecule has 0 bridgehead atoms. The number of thioether (sulfide) groups is 1. The molecule has 0 spiro atoms. The predicted octanol–water partition coefficient (Wildman–Crippen LogP) is -0.849. The number of aliphatic hydroxyl groups is 3. The maximum absolute atomic E-state index is 12.0. The topological polar surface area (TPSA) is 130 Å². The monoisotopic (exact) mass is 360 g/mol. The number of hydrogen-bond acceptors (Lipinski definition) is 8. The van der Waals surface area contributed by atoms with Crippen LogP contribution in [0.25, 0.3) is 0 Å². The average molecular weight is 360 g/mol. The Kier molecular flexibility index (Phi) is 6.99. The molecule has 2 unspecified atom stereocenters. The number of amides is 1. The summed E-state index contributed by atoms with van der Waals surface area (Å²) in [4.78, 5) is 12.0. The molecule has 1 aliphatic heterocycles. The van der Waals surface area contributed by atoms with Crippen molar-refractivity contribution in [1.82, 2.24) is 20.3 Å². The Morgan fingerprint density at radius 2 is 2.21 bits per heavy atom. The fraction of sp³-hybridized carbons (Fsp3) is 0.786. The van der Waals surface area contributed by atoms with Crippen LogP contribution in [-0.2, 0) is 4.74 Å². The van der Waals surface area contributed by atoms with Crippen LogP contribution in [0.15, 0.2) is 6.20 Å². The Hall–Kier alpha value is -1.20. The van der Waals surface area contributed by atoms with Gasteiger partial charge in [0.25, 0.3) is 5.91 Å². The standard InChI is InChI=1S/C14H24N4O5S/c1-3-4-5-15-13(22)8-6-18(17-16-8)10-11(20)9(7-19)23-14(24-2)12(10)21/h6,9-12,14,19-21H,3-5,7H2,1-2H3,(H,15,22)/t9?,10-,11-,12?,14-/m0/s1.